The minimum Gasteiger partial charge on any atom is -0.336 e. The first-order valence-electron chi connectivity index (χ1n) is 10.9. The molecule has 1 aliphatic heterocycles. The van der Waals surface area contributed by atoms with Crippen molar-refractivity contribution in [1.29, 1.82) is 0 Å². The number of aryl methyl sites for hydroxylation is 1. The first-order valence-corrected chi connectivity index (χ1v) is 10.9. The Morgan fingerprint density at radius 2 is 2.06 bits per heavy atom. The minimum absolute atomic E-state index is 0.0769. The molecule has 0 unspecified atom stereocenters. The number of amides is 2. The number of hydrogen-bond donors (Lipinski definition) is 1. The van der Waals surface area contributed by atoms with Gasteiger partial charge in [-0.3, -0.25) is 14.3 Å². The molecule has 0 saturated carbocycles. The van der Waals surface area contributed by atoms with Crippen LogP contribution in [0.2, 0.25) is 0 Å². The third kappa shape index (κ3) is 4.06. The lowest BCUT2D eigenvalue weighted by Crippen LogP contribution is -2.50. The van der Waals surface area contributed by atoms with Gasteiger partial charge in [0.05, 0.1) is 22.8 Å². The highest BCUT2D eigenvalue weighted by atomic mass is 16.2. The van der Waals surface area contributed by atoms with Gasteiger partial charge in [0.2, 0.25) is 5.91 Å². The number of hydrogen-bond acceptors (Lipinski definition) is 4. The molecule has 8 nitrogen and oxygen atoms in total. The quantitative estimate of drug-likeness (QED) is 0.679. The third-order valence-electron chi connectivity index (χ3n) is 6.11. The van der Waals surface area contributed by atoms with E-state index >= 15 is 0 Å². The number of anilines is 1. The smallest absolute Gasteiger partial charge is 0.274 e. The van der Waals surface area contributed by atoms with E-state index in [1.165, 1.54) is 0 Å². The lowest BCUT2D eigenvalue weighted by Gasteiger charge is -2.39. The average Bonchev–Trinajstić information content (AvgIpc) is 3.40. The molecule has 8 heteroatoms. The van der Waals surface area contributed by atoms with Crippen molar-refractivity contribution in [2.45, 2.75) is 53.1 Å². The number of aromatic nitrogens is 4. The molecule has 1 fully saturated rings. The van der Waals surface area contributed by atoms with Crippen LogP contribution in [0.3, 0.4) is 0 Å². The zero-order valence-corrected chi connectivity index (χ0v) is 18.6. The zero-order valence-electron chi connectivity index (χ0n) is 18.6. The molecule has 0 aliphatic carbocycles. The summed E-state index contributed by atoms with van der Waals surface area (Å²) in [6, 6.07) is 7.72. The molecule has 1 saturated heterocycles. The van der Waals surface area contributed by atoms with Crippen molar-refractivity contribution in [2.24, 2.45) is 5.41 Å². The van der Waals surface area contributed by atoms with Crippen molar-refractivity contribution < 1.29 is 9.59 Å². The van der Waals surface area contributed by atoms with E-state index in [2.05, 4.69) is 26.9 Å². The van der Waals surface area contributed by atoms with Crippen LogP contribution in [-0.4, -0.2) is 49.1 Å². The van der Waals surface area contributed by atoms with Gasteiger partial charge in [-0.1, -0.05) is 0 Å². The first kappa shape index (κ1) is 21.1. The maximum Gasteiger partial charge on any atom is 0.274 e. The number of imidazole rings is 1. The molecule has 3 aromatic rings. The summed E-state index contributed by atoms with van der Waals surface area (Å²) in [6.45, 7) is 9.90. The number of nitrogens with one attached hydrogen (secondary N) is 1. The molecule has 0 spiro atoms. The van der Waals surface area contributed by atoms with Crippen molar-refractivity contribution in [3.63, 3.8) is 0 Å². The third-order valence-corrected chi connectivity index (χ3v) is 6.11. The van der Waals surface area contributed by atoms with Gasteiger partial charge in [0.25, 0.3) is 5.91 Å². The van der Waals surface area contributed by atoms with Gasteiger partial charge in [-0.15, -0.1) is 0 Å². The molecule has 2 amide bonds. The molecule has 31 heavy (non-hydrogen) atoms. The highest BCUT2D eigenvalue weighted by Crippen LogP contribution is 2.32. The fourth-order valence-electron chi connectivity index (χ4n) is 4.18. The summed E-state index contributed by atoms with van der Waals surface area (Å²) in [5, 5.41) is 7.44. The van der Waals surface area contributed by atoms with E-state index in [1.807, 2.05) is 51.5 Å². The largest absolute Gasteiger partial charge is 0.336 e. The summed E-state index contributed by atoms with van der Waals surface area (Å²) in [5.41, 5.74) is 2.38. The van der Waals surface area contributed by atoms with Crippen LogP contribution in [0.5, 0.6) is 0 Å². The highest BCUT2D eigenvalue weighted by Gasteiger charge is 2.40. The highest BCUT2D eigenvalue weighted by molar-refractivity contribution is 5.98. The number of rotatable bonds is 5. The van der Waals surface area contributed by atoms with Gasteiger partial charge in [0, 0.05) is 37.6 Å². The number of nitrogens with zero attached hydrogens (tertiary/aromatic N) is 5. The number of benzene rings is 1. The summed E-state index contributed by atoms with van der Waals surface area (Å²) in [7, 11) is 0. The fourth-order valence-corrected chi connectivity index (χ4v) is 4.18. The molecule has 1 aromatic carbocycles. The van der Waals surface area contributed by atoms with Crippen molar-refractivity contribution in [2.75, 3.05) is 18.4 Å². The predicted octanol–water partition coefficient (Wildman–Crippen LogP) is 3.71. The van der Waals surface area contributed by atoms with E-state index in [0.717, 1.165) is 36.1 Å². The Morgan fingerprint density at radius 1 is 1.26 bits per heavy atom. The van der Waals surface area contributed by atoms with Gasteiger partial charge < -0.3 is 14.8 Å². The SMILES string of the molecule is CCn1cnc2cc(NC(=O)[C@]3(C)CCCN(C(=O)c4ccn(C(C)C)n4)C3)ccc21. The Hall–Kier alpha value is -3.16. The molecule has 0 bridgehead atoms. The van der Waals surface area contributed by atoms with Crippen LogP contribution in [0.25, 0.3) is 11.0 Å². The summed E-state index contributed by atoms with van der Waals surface area (Å²) in [5.74, 6) is -0.198. The second-order valence-electron chi connectivity index (χ2n) is 8.85. The van der Waals surface area contributed by atoms with Crippen molar-refractivity contribution in [1.82, 2.24) is 24.2 Å². The topological polar surface area (TPSA) is 85.0 Å². The van der Waals surface area contributed by atoms with Crippen LogP contribution in [0, 0.1) is 5.41 Å². The van der Waals surface area contributed by atoms with Gasteiger partial charge in [-0.25, -0.2) is 4.98 Å². The zero-order chi connectivity index (χ0) is 22.2. The molecule has 1 aliphatic rings. The standard InChI is InChI=1S/C23H30N6O2/c1-5-27-15-24-19-13-17(7-8-20(19)27)25-22(31)23(4)10-6-11-28(14-23)21(30)18-9-12-29(26-18)16(2)3/h7-9,12-13,15-16H,5-6,10-11,14H2,1-4H3,(H,25,31)/t23-/m1/s1. The molecule has 164 valence electrons. The molecular formula is C23H30N6O2. The lowest BCUT2D eigenvalue weighted by molar-refractivity contribution is -0.127. The van der Waals surface area contributed by atoms with Crippen LogP contribution in [0.1, 0.15) is 57.1 Å². The van der Waals surface area contributed by atoms with Gasteiger partial charge in [0.1, 0.15) is 5.69 Å². The Kier molecular flexibility index (Phi) is 5.56. The molecule has 4 rings (SSSR count). The number of piperidine rings is 1. The number of fused-ring (bicyclic) bond motifs is 1. The Morgan fingerprint density at radius 3 is 2.77 bits per heavy atom. The first-order chi connectivity index (χ1) is 14.8. The number of carbonyl (C=O) groups is 2. The lowest BCUT2D eigenvalue weighted by atomic mass is 9.80. The molecule has 0 radical (unpaired) electrons. The molecule has 3 heterocycles. The number of carbonyl (C=O) groups excluding carboxylic acids is 2. The predicted molar refractivity (Wildman–Crippen MR) is 120 cm³/mol. The average molecular weight is 423 g/mol. The Balaban J connectivity index is 1.47. The van der Waals surface area contributed by atoms with Gasteiger partial charge >= 0.3 is 0 Å². The monoisotopic (exact) mass is 422 g/mol. The second-order valence-corrected chi connectivity index (χ2v) is 8.85. The second kappa shape index (κ2) is 8.17. The maximum absolute atomic E-state index is 13.2. The van der Waals surface area contributed by atoms with Gasteiger partial charge in [0.15, 0.2) is 0 Å². The normalized spacial score (nSPS) is 19.2. The summed E-state index contributed by atoms with van der Waals surface area (Å²) in [4.78, 5) is 32.4. The summed E-state index contributed by atoms with van der Waals surface area (Å²) in [6.07, 6.45) is 5.14. The van der Waals surface area contributed by atoms with Crippen molar-refractivity contribution in [3.05, 3.63) is 42.5 Å². The van der Waals surface area contributed by atoms with Crippen LogP contribution < -0.4 is 5.32 Å². The Bertz CT molecular complexity index is 1110. The van der Waals surface area contributed by atoms with Gasteiger partial charge in [-0.05, 0) is 64.8 Å². The summed E-state index contributed by atoms with van der Waals surface area (Å²) < 4.78 is 3.84. The van der Waals surface area contributed by atoms with Gasteiger partial charge in [-0.2, -0.15) is 5.10 Å². The maximum atomic E-state index is 13.2. The van der Waals surface area contributed by atoms with E-state index < -0.39 is 5.41 Å². The van der Waals surface area contributed by atoms with Crippen LogP contribution in [0.4, 0.5) is 5.69 Å². The van der Waals surface area contributed by atoms with Crippen molar-refractivity contribution >= 4 is 28.5 Å². The van der Waals surface area contributed by atoms with Crippen LogP contribution in [0.15, 0.2) is 36.8 Å². The molecule has 2 aromatic heterocycles. The van der Waals surface area contributed by atoms with Crippen LogP contribution >= 0.6 is 0 Å². The van der Waals surface area contributed by atoms with E-state index in [9.17, 15) is 9.59 Å². The molecule has 1 atom stereocenters. The van der Waals surface area contributed by atoms with Crippen molar-refractivity contribution in [3.8, 4) is 0 Å². The van der Waals surface area contributed by atoms with E-state index in [1.54, 1.807) is 15.6 Å². The van der Waals surface area contributed by atoms with Crippen LogP contribution in [-0.2, 0) is 11.3 Å². The van der Waals surface area contributed by atoms with E-state index in [4.69, 9.17) is 0 Å². The fraction of sp³-hybridized carbons (Fsp3) is 0.478. The number of likely N-dealkylation sites (tertiary alicyclic amines) is 1. The summed E-state index contributed by atoms with van der Waals surface area (Å²) >= 11 is 0. The molecular weight excluding hydrogens is 392 g/mol. The minimum atomic E-state index is -0.660. The van der Waals surface area contributed by atoms with E-state index in [0.29, 0.717) is 18.8 Å². The Labute approximate surface area is 182 Å². The van der Waals surface area contributed by atoms with E-state index in [-0.39, 0.29) is 17.9 Å². The molecule has 1 N–H and O–H groups in total.